The fourth-order valence-electron chi connectivity index (χ4n) is 3.02. The molecule has 1 heterocycles. The molecule has 0 aliphatic carbocycles. The Morgan fingerprint density at radius 1 is 1.21 bits per heavy atom. The van der Waals surface area contributed by atoms with E-state index in [9.17, 15) is 9.59 Å². The van der Waals surface area contributed by atoms with Crippen molar-refractivity contribution in [3.8, 4) is 0 Å². The smallest absolute Gasteiger partial charge is 0.262 e. The molecule has 1 aromatic heterocycles. The second-order valence-electron chi connectivity index (χ2n) is 6.98. The first-order valence-electron chi connectivity index (χ1n) is 9.59. The van der Waals surface area contributed by atoms with Crippen molar-refractivity contribution in [2.24, 2.45) is 0 Å². The maximum absolute atomic E-state index is 13.4. The molecule has 2 aromatic carbocycles. The van der Waals surface area contributed by atoms with Crippen LogP contribution in [0.4, 0.5) is 0 Å². The van der Waals surface area contributed by atoms with Gasteiger partial charge >= 0.3 is 0 Å². The van der Waals surface area contributed by atoms with E-state index in [1.54, 1.807) is 10.6 Å². The lowest BCUT2D eigenvalue weighted by atomic mass is 10.1. The van der Waals surface area contributed by atoms with Crippen LogP contribution in [-0.4, -0.2) is 27.3 Å². The van der Waals surface area contributed by atoms with Gasteiger partial charge in [-0.1, -0.05) is 64.9 Å². The van der Waals surface area contributed by atoms with Gasteiger partial charge in [-0.3, -0.25) is 14.2 Å². The number of thioether (sulfide) groups is 1. The zero-order valence-electron chi connectivity index (χ0n) is 16.7. The summed E-state index contributed by atoms with van der Waals surface area (Å²) in [5.74, 6) is 0.147. The van der Waals surface area contributed by atoms with E-state index < -0.39 is 0 Å². The lowest BCUT2D eigenvalue weighted by molar-refractivity contribution is -0.119. The van der Waals surface area contributed by atoms with E-state index in [0.29, 0.717) is 16.1 Å². The Bertz CT molecular complexity index is 1070. The van der Waals surface area contributed by atoms with Crippen LogP contribution in [0.1, 0.15) is 38.8 Å². The Morgan fingerprint density at radius 3 is 2.62 bits per heavy atom. The van der Waals surface area contributed by atoms with Crippen molar-refractivity contribution >= 4 is 44.5 Å². The molecule has 2 atom stereocenters. The van der Waals surface area contributed by atoms with E-state index >= 15 is 0 Å². The average Bonchev–Trinajstić information content (AvgIpc) is 2.73. The van der Waals surface area contributed by atoms with Crippen LogP contribution < -0.4 is 10.9 Å². The highest BCUT2D eigenvalue weighted by molar-refractivity contribution is 9.10. The SMILES string of the molecule is CCC(C)NC(=O)CSc1nc2ccc(Br)cc2c(=O)n1C(C)c1ccccc1. The summed E-state index contributed by atoms with van der Waals surface area (Å²) in [6.45, 7) is 5.98. The quantitative estimate of drug-likeness (QED) is 0.396. The molecule has 0 fully saturated rings. The molecule has 0 aliphatic heterocycles. The van der Waals surface area contributed by atoms with Gasteiger partial charge in [0.1, 0.15) is 0 Å². The topological polar surface area (TPSA) is 64.0 Å². The van der Waals surface area contributed by atoms with Crippen LogP contribution in [0.15, 0.2) is 63.0 Å². The number of fused-ring (bicyclic) bond motifs is 1. The molecule has 3 aromatic rings. The number of benzene rings is 2. The van der Waals surface area contributed by atoms with Gasteiger partial charge in [-0.05, 0) is 44.0 Å². The molecule has 1 N–H and O–H groups in total. The van der Waals surface area contributed by atoms with Crippen molar-refractivity contribution in [2.45, 2.75) is 44.4 Å². The first-order valence-corrected chi connectivity index (χ1v) is 11.4. The number of amides is 1. The highest BCUT2D eigenvalue weighted by atomic mass is 79.9. The lowest BCUT2D eigenvalue weighted by Crippen LogP contribution is -2.33. The Hall–Kier alpha value is -2.12. The molecule has 152 valence electrons. The average molecular weight is 474 g/mol. The van der Waals surface area contributed by atoms with Gasteiger partial charge in [-0.25, -0.2) is 4.98 Å². The fraction of sp³-hybridized carbons (Fsp3) is 0.318. The Kier molecular flexibility index (Phi) is 7.14. The third-order valence-electron chi connectivity index (χ3n) is 4.85. The van der Waals surface area contributed by atoms with Gasteiger partial charge < -0.3 is 5.32 Å². The first-order chi connectivity index (χ1) is 13.9. The number of rotatable bonds is 7. The predicted molar refractivity (Wildman–Crippen MR) is 123 cm³/mol. The van der Waals surface area contributed by atoms with Crippen molar-refractivity contribution in [3.05, 3.63) is 68.9 Å². The fourth-order valence-corrected chi connectivity index (χ4v) is 4.27. The normalized spacial score (nSPS) is 13.2. The molecule has 7 heteroatoms. The van der Waals surface area contributed by atoms with E-state index in [2.05, 4.69) is 21.2 Å². The molecule has 0 saturated heterocycles. The summed E-state index contributed by atoms with van der Waals surface area (Å²) in [6, 6.07) is 15.2. The van der Waals surface area contributed by atoms with E-state index in [-0.39, 0.29) is 29.3 Å². The van der Waals surface area contributed by atoms with Crippen molar-refractivity contribution in [2.75, 3.05) is 5.75 Å². The zero-order valence-corrected chi connectivity index (χ0v) is 19.1. The minimum atomic E-state index is -0.209. The highest BCUT2D eigenvalue weighted by Crippen LogP contribution is 2.26. The summed E-state index contributed by atoms with van der Waals surface area (Å²) >= 11 is 4.73. The van der Waals surface area contributed by atoms with Crippen LogP contribution in [0, 0.1) is 0 Å². The number of nitrogens with zero attached hydrogens (tertiary/aromatic N) is 2. The van der Waals surface area contributed by atoms with Crippen LogP contribution >= 0.6 is 27.7 Å². The molecular formula is C22H24BrN3O2S. The first kappa shape index (κ1) is 21.6. The van der Waals surface area contributed by atoms with E-state index in [1.807, 2.05) is 63.2 Å². The van der Waals surface area contributed by atoms with Crippen LogP contribution in [0.5, 0.6) is 0 Å². The van der Waals surface area contributed by atoms with E-state index in [4.69, 9.17) is 4.98 Å². The van der Waals surface area contributed by atoms with Gasteiger partial charge in [-0.2, -0.15) is 0 Å². The van der Waals surface area contributed by atoms with Crippen molar-refractivity contribution in [1.82, 2.24) is 14.9 Å². The summed E-state index contributed by atoms with van der Waals surface area (Å²) < 4.78 is 2.52. The summed E-state index contributed by atoms with van der Waals surface area (Å²) in [4.78, 5) is 30.4. The molecule has 3 rings (SSSR count). The van der Waals surface area contributed by atoms with E-state index in [1.165, 1.54) is 11.8 Å². The van der Waals surface area contributed by atoms with Gasteiger partial charge in [0.25, 0.3) is 5.56 Å². The van der Waals surface area contributed by atoms with Crippen molar-refractivity contribution in [1.29, 1.82) is 0 Å². The van der Waals surface area contributed by atoms with Crippen LogP contribution in [-0.2, 0) is 4.79 Å². The number of carbonyl (C=O) groups is 1. The molecule has 5 nitrogen and oxygen atoms in total. The summed E-state index contributed by atoms with van der Waals surface area (Å²) in [5, 5.41) is 4.05. The maximum Gasteiger partial charge on any atom is 0.262 e. The monoisotopic (exact) mass is 473 g/mol. The van der Waals surface area contributed by atoms with Crippen molar-refractivity contribution in [3.63, 3.8) is 0 Å². The second kappa shape index (κ2) is 9.59. The molecule has 0 saturated carbocycles. The van der Waals surface area contributed by atoms with Crippen LogP contribution in [0.3, 0.4) is 0 Å². The number of hydrogen-bond acceptors (Lipinski definition) is 4. The number of hydrogen-bond donors (Lipinski definition) is 1. The summed E-state index contributed by atoms with van der Waals surface area (Å²) in [7, 11) is 0. The van der Waals surface area contributed by atoms with Crippen LogP contribution in [0.25, 0.3) is 10.9 Å². The largest absolute Gasteiger partial charge is 0.353 e. The zero-order chi connectivity index (χ0) is 21.0. The molecule has 0 aliphatic rings. The van der Waals surface area contributed by atoms with Gasteiger partial charge in [0.05, 0.1) is 22.7 Å². The number of halogens is 1. The van der Waals surface area contributed by atoms with Gasteiger partial charge in [0.15, 0.2) is 5.16 Å². The summed E-state index contributed by atoms with van der Waals surface area (Å²) in [6.07, 6.45) is 0.870. The van der Waals surface area contributed by atoms with Gasteiger partial charge in [-0.15, -0.1) is 0 Å². The highest BCUT2D eigenvalue weighted by Gasteiger charge is 2.19. The third-order valence-corrected chi connectivity index (χ3v) is 6.30. The van der Waals surface area contributed by atoms with E-state index in [0.717, 1.165) is 16.5 Å². The predicted octanol–water partition coefficient (Wildman–Crippen LogP) is 4.78. The maximum atomic E-state index is 13.4. The summed E-state index contributed by atoms with van der Waals surface area (Å²) in [5.41, 5.74) is 1.52. The minimum Gasteiger partial charge on any atom is -0.353 e. The molecule has 1 amide bonds. The molecule has 0 radical (unpaired) electrons. The van der Waals surface area contributed by atoms with Gasteiger partial charge in [0.2, 0.25) is 5.91 Å². The Balaban J connectivity index is 2.03. The second-order valence-corrected chi connectivity index (χ2v) is 8.84. The number of aromatic nitrogens is 2. The molecule has 0 bridgehead atoms. The molecule has 2 unspecified atom stereocenters. The third kappa shape index (κ3) is 5.08. The standard InChI is InChI=1S/C22H24BrN3O2S/c1-4-14(2)24-20(27)13-29-22-25-19-11-10-17(23)12-18(19)21(28)26(22)15(3)16-8-6-5-7-9-16/h5-12,14-15H,4,13H2,1-3H3,(H,24,27). The van der Waals surface area contributed by atoms with Gasteiger partial charge in [0, 0.05) is 10.5 Å². The molecular weight excluding hydrogens is 450 g/mol. The minimum absolute atomic E-state index is 0.0617. The lowest BCUT2D eigenvalue weighted by Gasteiger charge is -2.20. The number of carbonyl (C=O) groups excluding carboxylic acids is 1. The Morgan fingerprint density at radius 2 is 1.93 bits per heavy atom. The Labute approximate surface area is 183 Å². The molecule has 0 spiro atoms. The molecule has 29 heavy (non-hydrogen) atoms. The van der Waals surface area contributed by atoms with Crippen molar-refractivity contribution < 1.29 is 4.79 Å². The van der Waals surface area contributed by atoms with Crippen LogP contribution in [0.2, 0.25) is 0 Å². The number of nitrogens with one attached hydrogen (secondary N) is 1.